The lowest BCUT2D eigenvalue weighted by atomic mass is 9.93. The second-order valence-corrected chi connectivity index (χ2v) is 4.82. The third-order valence-corrected chi connectivity index (χ3v) is 3.04. The number of rotatable bonds is 0. The molecule has 0 aliphatic carbocycles. The lowest BCUT2D eigenvalue weighted by Gasteiger charge is -2.32. The predicted molar refractivity (Wildman–Crippen MR) is 59.2 cm³/mol. The molecule has 2 heteroatoms. The Bertz CT molecular complexity index is 508. The van der Waals surface area contributed by atoms with Crippen molar-refractivity contribution < 1.29 is 9.15 Å². The molecule has 3 rings (SSSR count). The Kier molecular flexibility index (Phi) is 1.64. The van der Waals surface area contributed by atoms with E-state index in [-0.39, 0.29) is 5.60 Å². The number of aryl methyl sites for hydroxylation is 1. The van der Waals surface area contributed by atoms with Crippen LogP contribution in [0.2, 0.25) is 0 Å². The average molecular weight is 202 g/mol. The van der Waals surface area contributed by atoms with Gasteiger partial charge in [0.25, 0.3) is 0 Å². The van der Waals surface area contributed by atoms with Crippen LogP contribution >= 0.6 is 0 Å². The molecule has 2 nitrogen and oxygen atoms in total. The van der Waals surface area contributed by atoms with Crippen molar-refractivity contribution in [3.8, 4) is 5.75 Å². The Balaban J connectivity index is 2.16. The van der Waals surface area contributed by atoms with Gasteiger partial charge in [-0.2, -0.15) is 0 Å². The first-order valence-electron chi connectivity index (χ1n) is 5.32. The monoisotopic (exact) mass is 202 g/mol. The molecule has 0 saturated carbocycles. The molecule has 1 aromatic heterocycles. The molecule has 2 heterocycles. The van der Waals surface area contributed by atoms with E-state index in [9.17, 15) is 0 Å². The van der Waals surface area contributed by atoms with Crippen LogP contribution in [0.15, 0.2) is 29.1 Å². The van der Waals surface area contributed by atoms with Crippen LogP contribution in [0.25, 0.3) is 10.8 Å². The molecule has 0 atom stereocenters. The molecule has 1 aliphatic heterocycles. The number of hydrogen-bond acceptors (Lipinski definition) is 2. The lowest BCUT2D eigenvalue weighted by molar-refractivity contribution is 0.0850. The summed E-state index contributed by atoms with van der Waals surface area (Å²) in [5, 5.41) is 2.28. The average Bonchev–Trinajstić information content (AvgIpc) is 2.60. The van der Waals surface area contributed by atoms with Gasteiger partial charge < -0.3 is 9.15 Å². The number of furan rings is 1. The maximum absolute atomic E-state index is 5.96. The number of fused-ring (bicyclic) bond motifs is 2. The van der Waals surface area contributed by atoms with Crippen molar-refractivity contribution in [3.63, 3.8) is 0 Å². The van der Waals surface area contributed by atoms with E-state index in [4.69, 9.17) is 9.15 Å². The van der Waals surface area contributed by atoms with Crippen molar-refractivity contribution >= 4 is 10.8 Å². The van der Waals surface area contributed by atoms with Crippen LogP contribution in [0.4, 0.5) is 0 Å². The van der Waals surface area contributed by atoms with Crippen LogP contribution < -0.4 is 4.74 Å². The highest BCUT2D eigenvalue weighted by molar-refractivity contribution is 5.83. The van der Waals surface area contributed by atoms with Crippen LogP contribution in [-0.4, -0.2) is 5.60 Å². The molecule has 2 aromatic rings. The highest BCUT2D eigenvalue weighted by Gasteiger charge is 2.26. The summed E-state index contributed by atoms with van der Waals surface area (Å²) in [5.41, 5.74) is 1.26. The van der Waals surface area contributed by atoms with E-state index < -0.39 is 0 Å². The van der Waals surface area contributed by atoms with Crippen molar-refractivity contribution in [1.82, 2.24) is 0 Å². The second-order valence-electron chi connectivity index (χ2n) is 4.82. The summed E-state index contributed by atoms with van der Waals surface area (Å²) in [6, 6.07) is 4.25. The molecule has 78 valence electrons. The zero-order chi connectivity index (χ0) is 10.5. The molecule has 0 fully saturated rings. The van der Waals surface area contributed by atoms with Crippen molar-refractivity contribution in [2.75, 3.05) is 0 Å². The fourth-order valence-electron chi connectivity index (χ4n) is 2.12. The van der Waals surface area contributed by atoms with Gasteiger partial charge in [-0.3, -0.25) is 0 Å². The topological polar surface area (TPSA) is 22.4 Å². The zero-order valence-electron chi connectivity index (χ0n) is 9.04. The predicted octanol–water partition coefficient (Wildman–Crippen LogP) is 3.54. The smallest absolute Gasteiger partial charge is 0.124 e. The van der Waals surface area contributed by atoms with Crippen LogP contribution in [0.5, 0.6) is 5.75 Å². The standard InChI is InChI=1S/C13H14O2/c1-13(2)4-3-9-5-10-7-14-8-11(10)6-12(9)15-13/h5-8H,3-4H2,1-2H3. The Morgan fingerprint density at radius 2 is 1.87 bits per heavy atom. The minimum atomic E-state index is -0.0373. The van der Waals surface area contributed by atoms with Crippen LogP contribution in [0, 0.1) is 0 Å². The van der Waals surface area contributed by atoms with E-state index in [1.165, 1.54) is 5.56 Å². The molecule has 0 radical (unpaired) electrons. The summed E-state index contributed by atoms with van der Waals surface area (Å²) in [7, 11) is 0. The van der Waals surface area contributed by atoms with Gasteiger partial charge in [0.15, 0.2) is 0 Å². The summed E-state index contributed by atoms with van der Waals surface area (Å²) in [6.45, 7) is 4.27. The first kappa shape index (κ1) is 8.84. The van der Waals surface area contributed by atoms with Gasteiger partial charge in [-0.15, -0.1) is 0 Å². The summed E-state index contributed by atoms with van der Waals surface area (Å²) in [6.07, 6.45) is 5.71. The molecule has 0 N–H and O–H groups in total. The summed E-state index contributed by atoms with van der Waals surface area (Å²) < 4.78 is 11.1. The maximum Gasteiger partial charge on any atom is 0.124 e. The Hall–Kier alpha value is -1.44. The second kappa shape index (κ2) is 2.78. The molecule has 0 bridgehead atoms. The minimum absolute atomic E-state index is 0.0373. The van der Waals surface area contributed by atoms with Gasteiger partial charge in [0.2, 0.25) is 0 Å². The van der Waals surface area contributed by atoms with Crippen LogP contribution in [-0.2, 0) is 6.42 Å². The third kappa shape index (κ3) is 1.41. The number of benzene rings is 1. The Morgan fingerprint density at radius 3 is 2.67 bits per heavy atom. The molecular formula is C13H14O2. The molecule has 0 unspecified atom stereocenters. The molecule has 1 aliphatic rings. The summed E-state index contributed by atoms with van der Waals surface area (Å²) in [5.74, 6) is 1.01. The van der Waals surface area contributed by atoms with Crippen molar-refractivity contribution in [2.24, 2.45) is 0 Å². The van der Waals surface area contributed by atoms with Gasteiger partial charge >= 0.3 is 0 Å². The largest absolute Gasteiger partial charge is 0.488 e. The van der Waals surface area contributed by atoms with Crippen LogP contribution in [0.3, 0.4) is 0 Å². The zero-order valence-corrected chi connectivity index (χ0v) is 9.04. The minimum Gasteiger partial charge on any atom is -0.488 e. The first-order valence-corrected chi connectivity index (χ1v) is 5.32. The van der Waals surface area contributed by atoms with Crippen molar-refractivity contribution in [3.05, 3.63) is 30.2 Å². The fourth-order valence-corrected chi connectivity index (χ4v) is 2.12. The molecular weight excluding hydrogens is 188 g/mol. The summed E-state index contributed by atoms with van der Waals surface area (Å²) >= 11 is 0. The van der Waals surface area contributed by atoms with Crippen LogP contribution in [0.1, 0.15) is 25.8 Å². The lowest BCUT2D eigenvalue weighted by Crippen LogP contribution is -2.32. The number of ether oxygens (including phenoxy) is 1. The van der Waals surface area contributed by atoms with Gasteiger partial charge in [-0.25, -0.2) is 0 Å². The van der Waals surface area contributed by atoms with E-state index in [1.807, 2.05) is 0 Å². The summed E-state index contributed by atoms with van der Waals surface area (Å²) in [4.78, 5) is 0. The quantitative estimate of drug-likeness (QED) is 0.652. The normalized spacial score (nSPS) is 18.5. The Morgan fingerprint density at radius 1 is 1.13 bits per heavy atom. The molecule has 0 saturated heterocycles. The van der Waals surface area contributed by atoms with Gasteiger partial charge in [-0.1, -0.05) is 0 Å². The van der Waals surface area contributed by atoms with Gasteiger partial charge in [0.05, 0.1) is 12.5 Å². The molecule has 15 heavy (non-hydrogen) atoms. The highest BCUT2D eigenvalue weighted by atomic mass is 16.5. The molecule has 0 spiro atoms. The van der Waals surface area contributed by atoms with Gasteiger partial charge in [0.1, 0.15) is 11.4 Å². The van der Waals surface area contributed by atoms with Crippen molar-refractivity contribution in [1.29, 1.82) is 0 Å². The van der Waals surface area contributed by atoms with E-state index in [2.05, 4.69) is 26.0 Å². The third-order valence-electron chi connectivity index (χ3n) is 3.04. The van der Waals surface area contributed by atoms with Crippen molar-refractivity contribution in [2.45, 2.75) is 32.3 Å². The maximum atomic E-state index is 5.96. The van der Waals surface area contributed by atoms with Gasteiger partial charge in [-0.05, 0) is 44.4 Å². The first-order chi connectivity index (χ1) is 7.14. The molecule has 0 amide bonds. The van der Waals surface area contributed by atoms with E-state index in [0.29, 0.717) is 0 Å². The fraction of sp³-hybridized carbons (Fsp3) is 0.385. The van der Waals surface area contributed by atoms with Gasteiger partial charge in [0, 0.05) is 10.8 Å². The van der Waals surface area contributed by atoms with E-state index in [1.54, 1.807) is 12.5 Å². The SMILES string of the molecule is CC1(C)CCc2cc3cocc3cc2O1. The highest BCUT2D eigenvalue weighted by Crippen LogP contribution is 2.35. The number of hydrogen-bond donors (Lipinski definition) is 0. The van der Waals surface area contributed by atoms with E-state index >= 15 is 0 Å². The van der Waals surface area contributed by atoms with E-state index in [0.717, 1.165) is 29.4 Å². The Labute approximate surface area is 88.8 Å². The molecule has 1 aromatic carbocycles.